The van der Waals surface area contributed by atoms with Gasteiger partial charge in [0.05, 0.1) is 27.1 Å². The molecule has 0 unspecified atom stereocenters. The van der Waals surface area contributed by atoms with E-state index in [1.165, 1.54) is 48.2 Å². The van der Waals surface area contributed by atoms with Crippen LogP contribution in [0.5, 0.6) is 0 Å². The maximum Gasteiger partial charge on any atom is 0.159 e. The maximum absolute atomic E-state index is 7.01. The number of hydrogen-bond acceptors (Lipinski definition) is 4. The second-order valence-electron chi connectivity index (χ2n) is 17.2. The molecule has 0 aliphatic rings. The molecule has 0 radical (unpaired) electrons. The summed E-state index contributed by atoms with van der Waals surface area (Å²) in [4.78, 5) is 3.55. The van der Waals surface area contributed by atoms with Crippen molar-refractivity contribution in [2.24, 2.45) is 0 Å². The predicted molar refractivity (Wildman–Crippen MR) is 281 cm³/mol. The number of benzene rings is 10. The number of furan rings is 2. The minimum Gasteiger partial charge on any atom is -0.456 e. The summed E-state index contributed by atoms with van der Waals surface area (Å²) in [5, 5.41) is 5.56. The minimum atomic E-state index is 0.818. The van der Waals surface area contributed by atoms with E-state index in [0.29, 0.717) is 0 Å². The van der Waals surface area contributed by atoms with Crippen molar-refractivity contribution in [2.45, 2.75) is 0 Å². The number of para-hydroxylation sites is 4. The van der Waals surface area contributed by atoms with E-state index in [-0.39, 0.29) is 0 Å². The van der Waals surface area contributed by atoms with Crippen molar-refractivity contribution in [1.29, 1.82) is 0 Å². The van der Waals surface area contributed by atoms with Gasteiger partial charge in [-0.15, -0.1) is 11.3 Å². The van der Waals surface area contributed by atoms with Gasteiger partial charge in [-0.25, -0.2) is 0 Å². The summed E-state index contributed by atoms with van der Waals surface area (Å²) in [5.41, 5.74) is 18.0. The summed E-state index contributed by atoms with van der Waals surface area (Å²) >= 11 is 1.85. The van der Waals surface area contributed by atoms with Crippen molar-refractivity contribution < 1.29 is 8.83 Å². The topological polar surface area (TPSA) is 33.9 Å². The molecule has 0 amide bonds. The van der Waals surface area contributed by atoms with E-state index in [2.05, 4.69) is 234 Å². The molecule has 0 aliphatic heterocycles. The van der Waals surface area contributed by atoms with Gasteiger partial charge < -0.3 is 13.7 Å². The van der Waals surface area contributed by atoms with E-state index < -0.39 is 0 Å². The van der Waals surface area contributed by atoms with Gasteiger partial charge in [0.25, 0.3) is 0 Å². The van der Waals surface area contributed by atoms with Crippen LogP contribution in [0.15, 0.2) is 239 Å². The molecule has 0 bridgehead atoms. The number of fused-ring (bicyclic) bond motifs is 11. The second-order valence-corrected chi connectivity index (χ2v) is 18.2. The van der Waals surface area contributed by atoms with Gasteiger partial charge in [0, 0.05) is 55.4 Å². The van der Waals surface area contributed by atoms with Gasteiger partial charge in [0.1, 0.15) is 21.6 Å². The van der Waals surface area contributed by atoms with Crippen LogP contribution in [0.3, 0.4) is 0 Å². The smallest absolute Gasteiger partial charge is 0.159 e. The molecule has 14 rings (SSSR count). The molecular weight excluding hydrogens is 837 g/mol. The Morgan fingerprint density at radius 1 is 0.373 bits per heavy atom. The Balaban J connectivity index is 0.929. The van der Waals surface area contributed by atoms with Crippen LogP contribution in [0.4, 0.5) is 17.1 Å². The number of thiazole rings is 1. The van der Waals surface area contributed by atoms with Gasteiger partial charge >= 0.3 is 0 Å². The zero-order valence-corrected chi connectivity index (χ0v) is 36.9. The number of aromatic nitrogens is 1. The van der Waals surface area contributed by atoms with Crippen molar-refractivity contribution in [1.82, 2.24) is 4.40 Å². The zero-order valence-electron chi connectivity index (χ0n) is 36.1. The summed E-state index contributed by atoms with van der Waals surface area (Å²) in [6.07, 6.45) is 0. The van der Waals surface area contributed by atoms with Gasteiger partial charge in [-0.3, -0.25) is 4.40 Å². The molecule has 0 saturated carbocycles. The van der Waals surface area contributed by atoms with Crippen LogP contribution >= 0.6 is 11.3 Å². The largest absolute Gasteiger partial charge is 0.456 e. The molecule has 4 nitrogen and oxygen atoms in total. The van der Waals surface area contributed by atoms with Gasteiger partial charge in [0.2, 0.25) is 0 Å². The number of rotatable bonds is 7. The van der Waals surface area contributed by atoms with E-state index in [4.69, 9.17) is 8.83 Å². The SMILES string of the molecule is c1ccc(-c2ccc(N(c3ccc4c(c3)oc3cc(-c5cccc6sc7c(-c8ccccc8)c8ccccc8n7c56)ccc34)c3cccc4c3oc3c(-c5ccccc5)cccc34)cc2)cc1. The Morgan fingerprint density at radius 2 is 0.955 bits per heavy atom. The van der Waals surface area contributed by atoms with Crippen LogP contribution in [0.25, 0.3) is 114 Å². The molecule has 14 aromatic rings. The average molecular weight is 875 g/mol. The Hall–Kier alpha value is -8.64. The lowest BCUT2D eigenvalue weighted by molar-refractivity contribution is 0.668. The van der Waals surface area contributed by atoms with Crippen LogP contribution in [-0.2, 0) is 0 Å². The van der Waals surface area contributed by atoms with E-state index in [1.807, 2.05) is 17.4 Å². The fraction of sp³-hybridized carbons (Fsp3) is 0. The fourth-order valence-electron chi connectivity index (χ4n) is 10.4. The molecule has 4 aromatic heterocycles. The highest BCUT2D eigenvalue weighted by molar-refractivity contribution is 7.24. The number of nitrogens with zero attached hydrogens (tertiary/aromatic N) is 2. The quantitative estimate of drug-likeness (QED) is 0.160. The molecule has 314 valence electrons. The first kappa shape index (κ1) is 37.7. The van der Waals surface area contributed by atoms with Gasteiger partial charge in [-0.2, -0.15) is 0 Å². The molecule has 0 aliphatic carbocycles. The first-order valence-corrected chi connectivity index (χ1v) is 23.5. The second kappa shape index (κ2) is 15.0. The van der Waals surface area contributed by atoms with E-state index in [0.717, 1.165) is 83.2 Å². The van der Waals surface area contributed by atoms with Crippen LogP contribution in [0.1, 0.15) is 0 Å². The Morgan fingerprint density at radius 3 is 1.75 bits per heavy atom. The third kappa shape index (κ3) is 5.92. The minimum absolute atomic E-state index is 0.818. The van der Waals surface area contributed by atoms with Gasteiger partial charge in [-0.1, -0.05) is 170 Å². The summed E-state index contributed by atoms with van der Waals surface area (Å²) in [5.74, 6) is 0. The Kier molecular flexibility index (Phi) is 8.42. The molecule has 0 atom stereocenters. The number of anilines is 3. The molecule has 0 N–H and O–H groups in total. The lowest BCUT2D eigenvalue weighted by Gasteiger charge is -2.25. The van der Waals surface area contributed by atoms with Crippen LogP contribution in [0, 0.1) is 0 Å². The first-order chi connectivity index (χ1) is 33.2. The summed E-state index contributed by atoms with van der Waals surface area (Å²) in [6.45, 7) is 0. The third-order valence-corrected chi connectivity index (χ3v) is 14.5. The monoisotopic (exact) mass is 874 g/mol. The van der Waals surface area contributed by atoms with Crippen molar-refractivity contribution in [3.05, 3.63) is 231 Å². The molecule has 0 spiro atoms. The summed E-state index contributed by atoms with van der Waals surface area (Å²) in [7, 11) is 0. The Labute approximate surface area is 389 Å². The molecule has 5 heteroatoms. The summed E-state index contributed by atoms with van der Waals surface area (Å²) in [6, 6.07) is 82.2. The van der Waals surface area contributed by atoms with E-state index in [1.54, 1.807) is 0 Å². The van der Waals surface area contributed by atoms with Crippen molar-refractivity contribution in [3.8, 4) is 44.5 Å². The lowest BCUT2D eigenvalue weighted by atomic mass is 10.0. The highest BCUT2D eigenvalue weighted by atomic mass is 32.1. The van der Waals surface area contributed by atoms with E-state index >= 15 is 0 Å². The average Bonchev–Trinajstić information content (AvgIpc) is 4.16. The third-order valence-electron chi connectivity index (χ3n) is 13.4. The summed E-state index contributed by atoms with van der Waals surface area (Å²) < 4.78 is 17.6. The van der Waals surface area contributed by atoms with Crippen molar-refractivity contribution in [2.75, 3.05) is 4.90 Å². The Bertz CT molecular complexity index is 4200. The first-order valence-electron chi connectivity index (χ1n) is 22.7. The molecule has 0 saturated heterocycles. The molecular formula is C62H38N2O2S. The highest BCUT2D eigenvalue weighted by Crippen LogP contribution is 2.48. The van der Waals surface area contributed by atoms with E-state index in [9.17, 15) is 0 Å². The predicted octanol–water partition coefficient (Wildman–Crippen LogP) is 18.2. The fourth-order valence-corrected chi connectivity index (χ4v) is 11.6. The number of hydrogen-bond donors (Lipinski definition) is 0. The zero-order chi connectivity index (χ0) is 44.0. The van der Waals surface area contributed by atoms with Crippen molar-refractivity contribution >= 4 is 98.2 Å². The van der Waals surface area contributed by atoms with Gasteiger partial charge in [0.15, 0.2) is 5.58 Å². The van der Waals surface area contributed by atoms with Gasteiger partial charge in [-0.05, 0) is 82.4 Å². The molecule has 0 fully saturated rings. The molecule has 10 aromatic carbocycles. The standard InChI is InChI=1S/C62H38N2O2S/c1-4-15-39(16-5-1)40-29-32-44(33-30-40)63(54-27-13-25-51-50-24-12-23-47(60(50)66-61(51)54)41-17-6-2-7-18-41)45-34-36-49-48-35-31-43(37-55(48)65-56(49)38-45)46-22-14-28-57-59(46)64-53-26-11-10-21-52(53)58(62(64)67-57)42-19-8-3-9-20-42/h1-38H. The van der Waals surface area contributed by atoms with Crippen LogP contribution in [-0.4, -0.2) is 4.40 Å². The van der Waals surface area contributed by atoms with Crippen molar-refractivity contribution in [3.63, 3.8) is 0 Å². The van der Waals surface area contributed by atoms with Crippen LogP contribution < -0.4 is 4.90 Å². The molecule has 4 heterocycles. The lowest BCUT2D eigenvalue weighted by Crippen LogP contribution is -2.10. The normalized spacial score (nSPS) is 11.9. The maximum atomic E-state index is 7.01. The molecule has 67 heavy (non-hydrogen) atoms. The highest BCUT2D eigenvalue weighted by Gasteiger charge is 2.24. The van der Waals surface area contributed by atoms with Crippen LogP contribution in [0.2, 0.25) is 0 Å².